The summed E-state index contributed by atoms with van der Waals surface area (Å²) in [6.07, 6.45) is 0. The van der Waals surface area contributed by atoms with Gasteiger partial charge in [-0.2, -0.15) is 0 Å². The van der Waals surface area contributed by atoms with Crippen LogP contribution in [-0.2, 0) is 0 Å². The lowest BCUT2D eigenvalue weighted by Crippen LogP contribution is -2.45. The van der Waals surface area contributed by atoms with E-state index in [1.54, 1.807) is 0 Å². The van der Waals surface area contributed by atoms with Crippen LogP contribution in [0.1, 0.15) is 41.4 Å². The van der Waals surface area contributed by atoms with Gasteiger partial charge in [0.1, 0.15) is 11.4 Å². The summed E-state index contributed by atoms with van der Waals surface area (Å²) in [7, 11) is 0. The number of amides is 4. The third-order valence-corrected chi connectivity index (χ3v) is 8.71. The van der Waals surface area contributed by atoms with E-state index in [0.29, 0.717) is 0 Å². The molecule has 0 saturated carbocycles. The SMILES string of the molecule is O=C1c2c(Cl)c(Cl)c3c4c(c(Cl)c(Cl)c(c24)C(=O)N1c1c(F)c(F)c(F)c(F)c1F)C(=O)N(c1c(F)c(F)c(F)c(F)c1F)C3=O. The average molecular weight is 736 g/mol. The Labute approximate surface area is 265 Å². The van der Waals surface area contributed by atoms with Crippen molar-refractivity contribution < 1.29 is 63.1 Å². The van der Waals surface area contributed by atoms with Crippen LogP contribution in [0.5, 0.6) is 0 Å². The number of anilines is 2. The lowest BCUT2D eigenvalue weighted by Gasteiger charge is -2.34. The minimum atomic E-state index is -2.66. The van der Waals surface area contributed by atoms with E-state index < -0.39 is 156 Å². The molecule has 2 aliphatic rings. The van der Waals surface area contributed by atoms with Gasteiger partial charge in [0.2, 0.25) is 11.6 Å². The third-order valence-electron chi connectivity index (χ3n) is 7.00. The molecule has 0 radical (unpaired) electrons. The summed E-state index contributed by atoms with van der Waals surface area (Å²) < 4.78 is 143. The first-order valence-corrected chi connectivity index (χ1v) is 13.1. The van der Waals surface area contributed by atoms with Crippen molar-refractivity contribution >= 4 is 92.2 Å². The molecule has 236 valence electrons. The first kappa shape index (κ1) is 31.8. The Morgan fingerprint density at radius 1 is 0.326 bits per heavy atom. The number of rotatable bonds is 2. The summed E-state index contributed by atoms with van der Waals surface area (Å²) in [5.74, 6) is -34.1. The second-order valence-corrected chi connectivity index (χ2v) is 10.7. The fourth-order valence-electron chi connectivity index (χ4n) is 5.05. The number of hydrogen-bond donors (Lipinski definition) is 0. The summed E-state index contributed by atoms with van der Waals surface area (Å²) in [6, 6.07) is 0. The van der Waals surface area contributed by atoms with Crippen LogP contribution in [-0.4, -0.2) is 23.6 Å². The molecule has 0 spiro atoms. The van der Waals surface area contributed by atoms with Gasteiger partial charge in [-0.05, 0) is 0 Å². The van der Waals surface area contributed by atoms with Gasteiger partial charge in [0.25, 0.3) is 23.6 Å². The van der Waals surface area contributed by atoms with E-state index in [1.807, 2.05) is 0 Å². The van der Waals surface area contributed by atoms with Crippen LogP contribution in [0.25, 0.3) is 10.8 Å². The van der Waals surface area contributed by atoms with Gasteiger partial charge in [-0.15, -0.1) is 0 Å². The molecule has 2 aliphatic heterocycles. The molecule has 0 aromatic heterocycles. The van der Waals surface area contributed by atoms with Crippen LogP contribution < -0.4 is 9.80 Å². The van der Waals surface area contributed by atoms with Crippen molar-refractivity contribution in [2.75, 3.05) is 9.80 Å². The zero-order valence-corrected chi connectivity index (χ0v) is 23.8. The van der Waals surface area contributed by atoms with Crippen molar-refractivity contribution in [3.63, 3.8) is 0 Å². The van der Waals surface area contributed by atoms with Crippen LogP contribution in [0.15, 0.2) is 0 Å². The largest absolute Gasteiger partial charge is 0.268 e. The Hall–Kier alpha value is -4.12. The third kappa shape index (κ3) is 3.69. The maximum absolute atomic E-state index is 14.8. The van der Waals surface area contributed by atoms with Gasteiger partial charge in [0.15, 0.2) is 46.5 Å². The van der Waals surface area contributed by atoms with Gasteiger partial charge < -0.3 is 0 Å². The van der Waals surface area contributed by atoms with Crippen molar-refractivity contribution in [2.45, 2.75) is 0 Å². The predicted molar refractivity (Wildman–Crippen MR) is 139 cm³/mol. The number of hydrogen-bond acceptors (Lipinski definition) is 4. The molecule has 0 atom stereocenters. The average Bonchev–Trinajstić information content (AvgIpc) is 3.01. The van der Waals surface area contributed by atoms with E-state index in [4.69, 9.17) is 46.4 Å². The second-order valence-electron chi connectivity index (χ2n) is 9.23. The molecule has 6 nitrogen and oxygen atoms in total. The van der Waals surface area contributed by atoms with E-state index in [-0.39, 0.29) is 0 Å². The Balaban J connectivity index is 1.73. The van der Waals surface area contributed by atoms with E-state index in [2.05, 4.69) is 0 Å². The van der Waals surface area contributed by atoms with Gasteiger partial charge in [0, 0.05) is 10.8 Å². The molecule has 4 aromatic carbocycles. The molecule has 2 heterocycles. The fraction of sp³-hybridized carbons (Fsp3) is 0. The Morgan fingerprint density at radius 2 is 0.500 bits per heavy atom. The van der Waals surface area contributed by atoms with E-state index in [9.17, 15) is 63.1 Å². The summed E-state index contributed by atoms with van der Waals surface area (Å²) in [5.41, 5.74) is -8.67. The fourth-order valence-corrected chi connectivity index (χ4v) is 6.13. The van der Waals surface area contributed by atoms with Gasteiger partial charge in [-0.25, -0.2) is 53.7 Å². The van der Waals surface area contributed by atoms with Crippen LogP contribution in [0.2, 0.25) is 20.1 Å². The minimum absolute atomic E-state index is 0.562. The Bertz CT molecular complexity index is 1970. The van der Waals surface area contributed by atoms with Crippen LogP contribution in [0.3, 0.4) is 0 Å². The highest BCUT2D eigenvalue weighted by atomic mass is 35.5. The molecule has 4 aromatic rings. The molecule has 0 N–H and O–H groups in total. The lowest BCUT2D eigenvalue weighted by molar-refractivity contribution is 0.0870. The molecule has 20 heteroatoms. The molecule has 0 bridgehead atoms. The first-order valence-electron chi connectivity index (χ1n) is 11.6. The highest BCUT2D eigenvalue weighted by molar-refractivity contribution is 6.57. The Kier molecular flexibility index (Phi) is 7.05. The van der Waals surface area contributed by atoms with Gasteiger partial charge in [-0.1, -0.05) is 46.4 Å². The molecule has 0 fully saturated rings. The molecule has 0 unspecified atom stereocenters. The monoisotopic (exact) mass is 734 g/mol. The standard InChI is InChI=1S/C26Cl4F10N2O4/c27-7-3-1-2-5(9(7)29)25(45)42(22-19(39)15(35)12(32)16(36)20(22)40)26(46)6(2)10(30)8(28)4(1)24(44)41(23(3)43)21-17(37)13(33)11(31)14(34)18(21)38. The van der Waals surface area contributed by atoms with Crippen LogP contribution >= 0.6 is 46.4 Å². The van der Waals surface area contributed by atoms with Crippen molar-refractivity contribution in [1.29, 1.82) is 0 Å². The quantitative estimate of drug-likeness (QED) is 0.0897. The van der Waals surface area contributed by atoms with Crippen molar-refractivity contribution in [3.05, 3.63) is 101 Å². The summed E-state index contributed by atoms with van der Waals surface area (Å²) in [4.78, 5) is 53.2. The molecule has 0 aliphatic carbocycles. The zero-order valence-electron chi connectivity index (χ0n) is 20.8. The van der Waals surface area contributed by atoms with Gasteiger partial charge in [0.05, 0.1) is 42.3 Å². The predicted octanol–water partition coefficient (Wildman–Crippen LogP) is 8.45. The maximum atomic E-state index is 14.8. The first-order chi connectivity index (χ1) is 21.4. The molecule has 0 saturated heterocycles. The highest BCUT2D eigenvalue weighted by Gasteiger charge is 2.49. The van der Waals surface area contributed by atoms with Crippen molar-refractivity contribution in [2.24, 2.45) is 0 Å². The second kappa shape index (κ2) is 10.2. The summed E-state index contributed by atoms with van der Waals surface area (Å²) in [5, 5.41) is -6.32. The van der Waals surface area contributed by atoms with E-state index >= 15 is 0 Å². The molecular weight excluding hydrogens is 736 g/mol. The van der Waals surface area contributed by atoms with E-state index in [0.717, 1.165) is 0 Å². The van der Waals surface area contributed by atoms with E-state index in [1.165, 1.54) is 0 Å². The smallest absolute Gasteiger partial charge is 0.267 e. The van der Waals surface area contributed by atoms with Gasteiger partial charge >= 0.3 is 0 Å². The number of benzene rings is 4. The number of nitrogens with zero attached hydrogens (tertiary/aromatic N) is 2. The molecular formula is C26Cl4F10N2O4. The molecule has 6 rings (SSSR count). The minimum Gasteiger partial charge on any atom is -0.268 e. The summed E-state index contributed by atoms with van der Waals surface area (Å²) in [6.45, 7) is 0. The number of carbonyl (C=O) groups excluding carboxylic acids is 4. The lowest BCUT2D eigenvalue weighted by atomic mass is 9.85. The normalized spacial score (nSPS) is 14.4. The molecule has 46 heavy (non-hydrogen) atoms. The van der Waals surface area contributed by atoms with Crippen LogP contribution in [0.4, 0.5) is 55.3 Å². The maximum Gasteiger partial charge on any atom is 0.267 e. The zero-order chi connectivity index (χ0) is 34.2. The Morgan fingerprint density at radius 3 is 0.696 bits per heavy atom. The topological polar surface area (TPSA) is 74.8 Å². The number of halogens is 14. The number of carbonyl (C=O) groups is 4. The highest BCUT2D eigenvalue weighted by Crippen LogP contribution is 2.52. The molecule has 4 amide bonds. The van der Waals surface area contributed by atoms with Gasteiger partial charge in [-0.3, -0.25) is 19.2 Å². The van der Waals surface area contributed by atoms with Crippen molar-refractivity contribution in [1.82, 2.24) is 0 Å². The number of imide groups is 2. The van der Waals surface area contributed by atoms with Crippen LogP contribution in [0, 0.1) is 58.2 Å². The van der Waals surface area contributed by atoms with Crippen molar-refractivity contribution in [3.8, 4) is 0 Å². The summed E-state index contributed by atoms with van der Waals surface area (Å²) >= 11 is 24.7.